The molecule has 0 saturated carbocycles. The lowest BCUT2D eigenvalue weighted by atomic mass is 10.0. The Hall–Kier alpha value is -2.11. The topological polar surface area (TPSA) is 91.3 Å². The van der Waals surface area contributed by atoms with Crippen molar-refractivity contribution in [2.24, 2.45) is 0 Å². The van der Waals surface area contributed by atoms with Gasteiger partial charge in [-0.2, -0.15) is 0 Å². The minimum Gasteiger partial charge on any atom is -0.481 e. The molecule has 19 heavy (non-hydrogen) atoms. The summed E-state index contributed by atoms with van der Waals surface area (Å²) in [6, 6.07) is 2.90. The Kier molecular flexibility index (Phi) is 4.86. The predicted molar refractivity (Wildman–Crippen MR) is 72.1 cm³/mol. The van der Waals surface area contributed by atoms with Gasteiger partial charge in [0, 0.05) is 5.54 Å². The van der Waals surface area contributed by atoms with Crippen LogP contribution >= 0.6 is 0 Å². The Bertz CT molecular complexity index is 455. The maximum absolute atomic E-state index is 11.7. The van der Waals surface area contributed by atoms with Gasteiger partial charge in [0.1, 0.15) is 0 Å². The van der Waals surface area contributed by atoms with Gasteiger partial charge in [0.25, 0.3) is 0 Å². The molecule has 0 bridgehead atoms. The van der Waals surface area contributed by atoms with Crippen LogP contribution in [0.2, 0.25) is 0 Å². The van der Waals surface area contributed by atoms with Gasteiger partial charge in [0.2, 0.25) is 0 Å². The van der Waals surface area contributed by atoms with Crippen LogP contribution in [0, 0.1) is 0 Å². The average molecular weight is 265 g/mol. The first-order valence-corrected chi connectivity index (χ1v) is 6.08. The van der Waals surface area contributed by atoms with Crippen molar-refractivity contribution >= 4 is 17.7 Å². The number of rotatable bonds is 5. The second-order valence-corrected chi connectivity index (χ2v) is 4.93. The first kappa shape index (κ1) is 14.9. The number of urea groups is 1. The summed E-state index contributed by atoms with van der Waals surface area (Å²) in [5.41, 5.74) is 0.701. The fourth-order valence-corrected chi connectivity index (χ4v) is 1.32. The van der Waals surface area contributed by atoms with Crippen LogP contribution < -0.4 is 10.6 Å². The standard InChI is InChI=1S/C13H19N3O3/c1-4-13(2,3)16-12(19)15-10-6-5-9(14-8-10)7-11(17)18/h5-6,8H,4,7H2,1-3H3,(H,17,18)(H2,15,16,19). The van der Waals surface area contributed by atoms with Gasteiger partial charge in [-0.3, -0.25) is 9.78 Å². The summed E-state index contributed by atoms with van der Waals surface area (Å²) < 4.78 is 0. The lowest BCUT2D eigenvalue weighted by Gasteiger charge is -2.24. The summed E-state index contributed by atoms with van der Waals surface area (Å²) >= 11 is 0. The molecule has 0 aromatic carbocycles. The van der Waals surface area contributed by atoms with Gasteiger partial charge >= 0.3 is 12.0 Å². The van der Waals surface area contributed by atoms with Crippen molar-refractivity contribution in [1.82, 2.24) is 10.3 Å². The highest BCUT2D eigenvalue weighted by atomic mass is 16.4. The molecule has 0 aliphatic heterocycles. The lowest BCUT2D eigenvalue weighted by molar-refractivity contribution is -0.136. The molecule has 1 rings (SSSR count). The maximum atomic E-state index is 11.7. The van der Waals surface area contributed by atoms with E-state index in [-0.39, 0.29) is 18.0 Å². The number of aromatic nitrogens is 1. The molecule has 0 spiro atoms. The van der Waals surface area contributed by atoms with E-state index < -0.39 is 5.97 Å². The number of hydrogen-bond donors (Lipinski definition) is 3. The van der Waals surface area contributed by atoms with Crippen LogP contribution in [0.1, 0.15) is 32.9 Å². The van der Waals surface area contributed by atoms with Gasteiger partial charge in [0.15, 0.2) is 0 Å². The number of nitrogens with one attached hydrogen (secondary N) is 2. The van der Waals surface area contributed by atoms with Crippen LogP contribution in [0.5, 0.6) is 0 Å². The van der Waals surface area contributed by atoms with Crippen LogP contribution in [0.3, 0.4) is 0 Å². The van der Waals surface area contributed by atoms with Crippen LogP contribution in [0.4, 0.5) is 10.5 Å². The van der Waals surface area contributed by atoms with E-state index in [1.165, 1.54) is 6.20 Å². The summed E-state index contributed by atoms with van der Waals surface area (Å²) in [5, 5.41) is 14.1. The molecule has 0 aliphatic carbocycles. The second kappa shape index (κ2) is 6.17. The fraction of sp³-hybridized carbons (Fsp3) is 0.462. The number of aliphatic carboxylic acids is 1. The molecular weight excluding hydrogens is 246 g/mol. The molecule has 0 unspecified atom stereocenters. The van der Waals surface area contributed by atoms with E-state index in [1.807, 2.05) is 20.8 Å². The molecule has 1 aromatic heterocycles. The fourth-order valence-electron chi connectivity index (χ4n) is 1.32. The first-order chi connectivity index (χ1) is 8.82. The average Bonchev–Trinajstić information content (AvgIpc) is 2.30. The van der Waals surface area contributed by atoms with Crippen molar-refractivity contribution in [2.45, 2.75) is 39.2 Å². The number of carboxylic acid groups (broad SMARTS) is 1. The third-order valence-electron chi connectivity index (χ3n) is 2.75. The molecule has 6 nitrogen and oxygen atoms in total. The van der Waals surface area contributed by atoms with Crippen LogP contribution in [-0.4, -0.2) is 27.6 Å². The minimum atomic E-state index is -0.935. The van der Waals surface area contributed by atoms with E-state index in [9.17, 15) is 9.59 Å². The maximum Gasteiger partial charge on any atom is 0.319 e. The number of anilines is 1. The summed E-state index contributed by atoms with van der Waals surface area (Å²) in [4.78, 5) is 26.2. The normalized spacial score (nSPS) is 10.9. The summed E-state index contributed by atoms with van der Waals surface area (Å²) in [7, 11) is 0. The second-order valence-electron chi connectivity index (χ2n) is 4.93. The summed E-state index contributed by atoms with van der Waals surface area (Å²) in [6.45, 7) is 5.85. The molecule has 6 heteroatoms. The highest BCUT2D eigenvalue weighted by Gasteiger charge is 2.17. The SMILES string of the molecule is CCC(C)(C)NC(=O)Nc1ccc(CC(=O)O)nc1. The molecule has 0 fully saturated rings. The van der Waals surface area contributed by atoms with Crippen molar-refractivity contribution in [3.8, 4) is 0 Å². The van der Waals surface area contributed by atoms with Crippen LogP contribution in [0.25, 0.3) is 0 Å². The van der Waals surface area contributed by atoms with E-state index in [0.717, 1.165) is 6.42 Å². The van der Waals surface area contributed by atoms with Crippen LogP contribution in [-0.2, 0) is 11.2 Å². The highest BCUT2D eigenvalue weighted by molar-refractivity contribution is 5.89. The monoisotopic (exact) mass is 265 g/mol. The zero-order chi connectivity index (χ0) is 14.5. The molecule has 0 radical (unpaired) electrons. The molecule has 3 N–H and O–H groups in total. The van der Waals surface area contributed by atoms with Crippen molar-refractivity contribution in [2.75, 3.05) is 5.32 Å². The van der Waals surface area contributed by atoms with E-state index in [0.29, 0.717) is 11.4 Å². The van der Waals surface area contributed by atoms with Crippen LogP contribution in [0.15, 0.2) is 18.3 Å². The third-order valence-corrected chi connectivity index (χ3v) is 2.75. The Morgan fingerprint density at radius 2 is 2.05 bits per heavy atom. The highest BCUT2D eigenvalue weighted by Crippen LogP contribution is 2.09. The van der Waals surface area contributed by atoms with E-state index in [1.54, 1.807) is 12.1 Å². The Morgan fingerprint density at radius 1 is 1.37 bits per heavy atom. The van der Waals surface area contributed by atoms with E-state index in [4.69, 9.17) is 5.11 Å². The molecule has 1 heterocycles. The molecule has 0 atom stereocenters. The number of hydrogen-bond acceptors (Lipinski definition) is 3. The molecule has 104 valence electrons. The largest absolute Gasteiger partial charge is 0.481 e. The van der Waals surface area contributed by atoms with Crippen molar-refractivity contribution in [3.05, 3.63) is 24.0 Å². The smallest absolute Gasteiger partial charge is 0.319 e. The zero-order valence-electron chi connectivity index (χ0n) is 11.4. The van der Waals surface area contributed by atoms with Gasteiger partial charge in [0.05, 0.1) is 24.0 Å². The van der Waals surface area contributed by atoms with E-state index >= 15 is 0 Å². The molecule has 0 aliphatic rings. The minimum absolute atomic E-state index is 0.130. The predicted octanol–water partition coefficient (Wildman–Crippen LogP) is 2.02. The van der Waals surface area contributed by atoms with Crippen molar-refractivity contribution < 1.29 is 14.7 Å². The first-order valence-electron chi connectivity index (χ1n) is 6.08. The van der Waals surface area contributed by atoms with Gasteiger partial charge in [-0.25, -0.2) is 4.79 Å². The van der Waals surface area contributed by atoms with Gasteiger partial charge in [-0.15, -0.1) is 0 Å². The van der Waals surface area contributed by atoms with E-state index in [2.05, 4.69) is 15.6 Å². The lowest BCUT2D eigenvalue weighted by Crippen LogP contribution is -2.45. The van der Waals surface area contributed by atoms with Gasteiger partial charge < -0.3 is 15.7 Å². The number of pyridine rings is 1. The Labute approximate surface area is 112 Å². The van der Waals surface area contributed by atoms with Gasteiger partial charge in [-0.05, 0) is 32.4 Å². The van der Waals surface area contributed by atoms with Crippen molar-refractivity contribution in [3.63, 3.8) is 0 Å². The molecule has 0 saturated heterocycles. The Balaban J connectivity index is 2.58. The summed E-state index contributed by atoms with van der Waals surface area (Å²) in [5.74, 6) is -0.935. The number of amides is 2. The Morgan fingerprint density at radius 3 is 2.53 bits per heavy atom. The molecular formula is C13H19N3O3. The number of carbonyl (C=O) groups excluding carboxylic acids is 1. The zero-order valence-corrected chi connectivity index (χ0v) is 11.4. The molecule has 1 aromatic rings. The number of carbonyl (C=O) groups is 2. The third kappa shape index (κ3) is 5.37. The molecule has 2 amide bonds. The summed E-state index contributed by atoms with van der Waals surface area (Å²) in [6.07, 6.45) is 2.13. The quantitative estimate of drug-likeness (QED) is 0.759. The number of nitrogens with zero attached hydrogens (tertiary/aromatic N) is 1. The van der Waals surface area contributed by atoms with Gasteiger partial charge in [-0.1, -0.05) is 6.92 Å². The van der Waals surface area contributed by atoms with Crippen molar-refractivity contribution in [1.29, 1.82) is 0 Å². The number of carboxylic acids is 1.